The molecule has 2 N–H and O–H groups in total. The maximum atomic E-state index is 11.7. The molecule has 5 nitrogen and oxygen atoms in total. The molecule has 24 heavy (non-hydrogen) atoms. The van der Waals surface area contributed by atoms with Crippen LogP contribution >= 0.6 is 0 Å². The monoisotopic (exact) mass is 334 g/mol. The van der Waals surface area contributed by atoms with Crippen LogP contribution < -0.4 is 15.4 Å². The van der Waals surface area contributed by atoms with Crippen LogP contribution in [0, 0.1) is 0 Å². The average Bonchev–Trinajstić information content (AvgIpc) is 2.61. The number of ether oxygens (including phenoxy) is 1. The first-order valence-electron chi connectivity index (χ1n) is 8.86. The molecule has 0 aliphatic carbocycles. The third-order valence-corrected chi connectivity index (χ3v) is 3.88. The number of carbonyl (C=O) groups excluding carboxylic acids is 2. The predicted molar refractivity (Wildman–Crippen MR) is 96.1 cm³/mol. The van der Waals surface area contributed by atoms with Gasteiger partial charge in [-0.05, 0) is 30.5 Å². The van der Waals surface area contributed by atoms with Crippen LogP contribution in [0.2, 0.25) is 0 Å². The summed E-state index contributed by atoms with van der Waals surface area (Å²) in [6.07, 6.45) is 7.64. The molecule has 5 heteroatoms. The quantitative estimate of drug-likeness (QED) is 0.483. The summed E-state index contributed by atoms with van der Waals surface area (Å²) >= 11 is 0. The molecule has 0 saturated heterocycles. The van der Waals surface area contributed by atoms with Crippen LogP contribution in [0.3, 0.4) is 0 Å². The van der Waals surface area contributed by atoms with Crippen molar-refractivity contribution in [3.8, 4) is 5.75 Å². The van der Waals surface area contributed by atoms with E-state index in [1.807, 2.05) is 24.3 Å². The fourth-order valence-corrected chi connectivity index (χ4v) is 2.38. The van der Waals surface area contributed by atoms with Gasteiger partial charge in [-0.1, -0.05) is 51.2 Å². The van der Waals surface area contributed by atoms with Gasteiger partial charge in [-0.3, -0.25) is 9.59 Å². The predicted octanol–water partition coefficient (Wildman–Crippen LogP) is 2.83. The van der Waals surface area contributed by atoms with E-state index in [4.69, 9.17) is 4.74 Å². The second kappa shape index (κ2) is 12.4. The largest absolute Gasteiger partial charge is 0.497 e. The summed E-state index contributed by atoms with van der Waals surface area (Å²) in [5, 5.41) is 5.32. The maximum Gasteiger partial charge on any atom is 0.309 e. The minimum atomic E-state index is -0.561. The van der Waals surface area contributed by atoms with Crippen LogP contribution in [0.15, 0.2) is 24.3 Å². The zero-order chi connectivity index (χ0) is 17.6. The van der Waals surface area contributed by atoms with Gasteiger partial charge in [0, 0.05) is 13.1 Å². The lowest BCUT2D eigenvalue weighted by atomic mass is 10.1. The molecule has 0 radical (unpaired) electrons. The van der Waals surface area contributed by atoms with Gasteiger partial charge in [-0.2, -0.15) is 0 Å². The molecule has 1 rings (SSSR count). The van der Waals surface area contributed by atoms with Crippen LogP contribution in [0.5, 0.6) is 5.75 Å². The molecule has 134 valence electrons. The fraction of sp³-hybridized carbons (Fsp3) is 0.579. The smallest absolute Gasteiger partial charge is 0.309 e. The second-order valence-electron chi connectivity index (χ2n) is 5.88. The number of hydrogen-bond acceptors (Lipinski definition) is 3. The van der Waals surface area contributed by atoms with Crippen LogP contribution in [0.4, 0.5) is 0 Å². The summed E-state index contributed by atoms with van der Waals surface area (Å²) in [6, 6.07) is 7.65. The van der Waals surface area contributed by atoms with Crippen molar-refractivity contribution in [3.63, 3.8) is 0 Å². The summed E-state index contributed by atoms with van der Waals surface area (Å²) in [6.45, 7) is 3.19. The Labute approximate surface area is 145 Å². The lowest BCUT2D eigenvalue weighted by Gasteiger charge is -2.07. The molecule has 0 unspecified atom stereocenters. The molecule has 0 aromatic heterocycles. The number of amides is 2. The zero-order valence-electron chi connectivity index (χ0n) is 14.9. The number of carbonyl (C=O) groups is 2. The van der Waals surface area contributed by atoms with Crippen LogP contribution in [0.25, 0.3) is 0 Å². The maximum absolute atomic E-state index is 11.7. The van der Waals surface area contributed by atoms with E-state index in [1.165, 1.54) is 25.7 Å². The minimum absolute atomic E-state index is 0.440. The van der Waals surface area contributed by atoms with Crippen LogP contribution in [0.1, 0.15) is 51.0 Å². The fourth-order valence-electron chi connectivity index (χ4n) is 2.38. The van der Waals surface area contributed by atoms with Crippen LogP contribution in [-0.2, 0) is 16.0 Å². The lowest BCUT2D eigenvalue weighted by molar-refractivity contribution is -0.139. The Morgan fingerprint density at radius 3 is 2.08 bits per heavy atom. The first-order valence-corrected chi connectivity index (χ1v) is 8.86. The second-order valence-corrected chi connectivity index (χ2v) is 5.88. The Bertz CT molecular complexity index is 486. The topological polar surface area (TPSA) is 67.4 Å². The number of nitrogens with one attached hydrogen (secondary N) is 2. The van der Waals surface area contributed by atoms with Crippen molar-refractivity contribution in [1.29, 1.82) is 0 Å². The molecular weight excluding hydrogens is 304 g/mol. The minimum Gasteiger partial charge on any atom is -0.497 e. The number of methoxy groups -OCH3 is 1. The Morgan fingerprint density at radius 2 is 1.46 bits per heavy atom. The highest BCUT2D eigenvalue weighted by atomic mass is 16.5. The van der Waals surface area contributed by atoms with Gasteiger partial charge >= 0.3 is 11.8 Å². The van der Waals surface area contributed by atoms with Crippen molar-refractivity contribution in [2.75, 3.05) is 20.2 Å². The molecule has 0 fully saturated rings. The molecule has 2 amide bonds. The van der Waals surface area contributed by atoms with Crippen molar-refractivity contribution < 1.29 is 14.3 Å². The van der Waals surface area contributed by atoms with E-state index in [0.29, 0.717) is 19.5 Å². The van der Waals surface area contributed by atoms with Gasteiger partial charge < -0.3 is 15.4 Å². The van der Waals surface area contributed by atoms with E-state index in [1.54, 1.807) is 7.11 Å². The van der Waals surface area contributed by atoms with E-state index in [0.717, 1.165) is 24.2 Å². The summed E-state index contributed by atoms with van der Waals surface area (Å²) in [7, 11) is 1.62. The SMILES string of the molecule is CCCCCCCCNC(=O)C(=O)NCCc1ccc(OC)cc1. The number of unbranched alkanes of at least 4 members (excludes halogenated alkanes) is 5. The Balaban J connectivity index is 2.09. The Hall–Kier alpha value is -2.04. The molecule has 0 bridgehead atoms. The Kier molecular flexibility index (Phi) is 10.3. The van der Waals surface area contributed by atoms with Crippen molar-refractivity contribution in [1.82, 2.24) is 10.6 Å². The summed E-state index contributed by atoms with van der Waals surface area (Å²) < 4.78 is 5.09. The van der Waals surface area contributed by atoms with Gasteiger partial charge in [0.25, 0.3) is 0 Å². The van der Waals surface area contributed by atoms with Gasteiger partial charge in [-0.15, -0.1) is 0 Å². The molecule has 0 heterocycles. The first kappa shape index (κ1) is 20.0. The van der Waals surface area contributed by atoms with E-state index in [-0.39, 0.29) is 0 Å². The van der Waals surface area contributed by atoms with E-state index in [2.05, 4.69) is 17.6 Å². The van der Waals surface area contributed by atoms with Gasteiger partial charge in [-0.25, -0.2) is 0 Å². The highest BCUT2D eigenvalue weighted by molar-refractivity contribution is 6.35. The van der Waals surface area contributed by atoms with Gasteiger partial charge in [0.1, 0.15) is 5.75 Å². The summed E-state index contributed by atoms with van der Waals surface area (Å²) in [4.78, 5) is 23.4. The molecule has 1 aromatic rings. The zero-order valence-corrected chi connectivity index (χ0v) is 14.9. The molecule has 0 aliphatic heterocycles. The standard InChI is InChI=1S/C19H30N2O3/c1-3-4-5-6-7-8-14-20-18(22)19(23)21-15-13-16-9-11-17(24-2)12-10-16/h9-12H,3-8,13-15H2,1-2H3,(H,20,22)(H,21,23). The van der Waals surface area contributed by atoms with Crippen LogP contribution in [-0.4, -0.2) is 32.0 Å². The van der Waals surface area contributed by atoms with Crippen molar-refractivity contribution >= 4 is 11.8 Å². The third kappa shape index (κ3) is 8.56. The highest BCUT2D eigenvalue weighted by Gasteiger charge is 2.11. The molecule has 0 aliphatic rings. The number of benzene rings is 1. The van der Waals surface area contributed by atoms with E-state index < -0.39 is 11.8 Å². The van der Waals surface area contributed by atoms with Crippen molar-refractivity contribution in [2.45, 2.75) is 51.9 Å². The molecule has 0 spiro atoms. The molecule has 0 saturated carbocycles. The average molecular weight is 334 g/mol. The molecular formula is C19H30N2O3. The summed E-state index contributed by atoms with van der Waals surface area (Å²) in [5.41, 5.74) is 1.09. The summed E-state index contributed by atoms with van der Waals surface area (Å²) in [5.74, 6) is -0.301. The number of rotatable bonds is 11. The van der Waals surface area contributed by atoms with Gasteiger partial charge in [0.2, 0.25) is 0 Å². The van der Waals surface area contributed by atoms with Crippen molar-refractivity contribution in [3.05, 3.63) is 29.8 Å². The first-order chi connectivity index (χ1) is 11.7. The van der Waals surface area contributed by atoms with E-state index >= 15 is 0 Å². The third-order valence-electron chi connectivity index (χ3n) is 3.88. The van der Waals surface area contributed by atoms with Crippen molar-refractivity contribution in [2.24, 2.45) is 0 Å². The normalized spacial score (nSPS) is 10.2. The number of hydrogen-bond donors (Lipinski definition) is 2. The highest BCUT2D eigenvalue weighted by Crippen LogP contribution is 2.11. The van der Waals surface area contributed by atoms with Gasteiger partial charge in [0.05, 0.1) is 7.11 Å². The molecule has 1 aromatic carbocycles. The van der Waals surface area contributed by atoms with Gasteiger partial charge in [0.15, 0.2) is 0 Å². The van der Waals surface area contributed by atoms with E-state index in [9.17, 15) is 9.59 Å². The lowest BCUT2D eigenvalue weighted by Crippen LogP contribution is -2.40. The Morgan fingerprint density at radius 1 is 0.875 bits per heavy atom. The molecule has 0 atom stereocenters.